The number of thiazole rings is 1. The van der Waals surface area contributed by atoms with Crippen molar-refractivity contribution in [2.75, 3.05) is 14.2 Å². The van der Waals surface area contributed by atoms with Crippen LogP contribution in [0.3, 0.4) is 0 Å². The second-order valence-electron chi connectivity index (χ2n) is 4.11. The molecule has 0 aliphatic heterocycles. The molecule has 20 heavy (non-hydrogen) atoms. The molecule has 0 N–H and O–H groups in total. The Morgan fingerprint density at radius 3 is 2.35 bits per heavy atom. The molecular formula is C15H14N2O2S. The molecule has 0 spiro atoms. The molecule has 2 rings (SSSR count). The van der Waals surface area contributed by atoms with Gasteiger partial charge < -0.3 is 9.47 Å². The molecule has 0 aliphatic carbocycles. The molecule has 4 nitrogen and oxygen atoms in total. The summed E-state index contributed by atoms with van der Waals surface area (Å²) in [6.07, 6.45) is 1.78. The molecule has 1 heterocycles. The number of nitrogens with zero attached hydrogens (tertiary/aromatic N) is 2. The van der Waals surface area contributed by atoms with Crippen LogP contribution in [-0.4, -0.2) is 19.2 Å². The lowest BCUT2D eigenvalue weighted by atomic mass is 10.1. The molecule has 0 fully saturated rings. The summed E-state index contributed by atoms with van der Waals surface area (Å²) >= 11 is 1.46. The number of nitriles is 1. The molecule has 0 unspecified atom stereocenters. The number of rotatable bonds is 4. The Hall–Kier alpha value is -2.32. The van der Waals surface area contributed by atoms with Gasteiger partial charge in [-0.3, -0.25) is 0 Å². The predicted molar refractivity (Wildman–Crippen MR) is 79.9 cm³/mol. The Morgan fingerprint density at radius 2 is 1.90 bits per heavy atom. The van der Waals surface area contributed by atoms with Crippen LogP contribution in [0.2, 0.25) is 0 Å². The van der Waals surface area contributed by atoms with Crippen molar-refractivity contribution < 1.29 is 9.47 Å². The number of allylic oxidation sites excluding steroid dienone is 1. The third kappa shape index (κ3) is 3.16. The van der Waals surface area contributed by atoms with Gasteiger partial charge in [0.15, 0.2) is 0 Å². The van der Waals surface area contributed by atoms with Gasteiger partial charge in [0.05, 0.1) is 19.8 Å². The van der Waals surface area contributed by atoms with Gasteiger partial charge in [0.1, 0.15) is 22.6 Å². The van der Waals surface area contributed by atoms with E-state index in [0.717, 1.165) is 11.3 Å². The molecule has 1 aromatic heterocycles. The molecule has 5 heteroatoms. The van der Waals surface area contributed by atoms with Crippen molar-refractivity contribution >= 4 is 23.0 Å². The topological polar surface area (TPSA) is 55.1 Å². The first-order valence-electron chi connectivity index (χ1n) is 5.93. The highest BCUT2D eigenvalue weighted by atomic mass is 32.1. The lowest BCUT2D eigenvalue weighted by molar-refractivity contribution is 0.394. The normalized spacial score (nSPS) is 11.0. The quantitative estimate of drug-likeness (QED) is 0.807. The van der Waals surface area contributed by atoms with Crippen LogP contribution in [0.5, 0.6) is 11.5 Å². The zero-order valence-electron chi connectivity index (χ0n) is 11.5. The fourth-order valence-corrected chi connectivity index (χ4v) is 2.46. The Kier molecular flexibility index (Phi) is 4.38. The van der Waals surface area contributed by atoms with E-state index in [2.05, 4.69) is 11.1 Å². The van der Waals surface area contributed by atoms with Crippen LogP contribution in [0.1, 0.15) is 16.3 Å². The van der Waals surface area contributed by atoms with E-state index in [-0.39, 0.29) is 0 Å². The summed E-state index contributed by atoms with van der Waals surface area (Å²) in [5, 5.41) is 11.9. The number of hydrogen-bond acceptors (Lipinski definition) is 5. The van der Waals surface area contributed by atoms with Crippen LogP contribution in [0.25, 0.3) is 11.6 Å². The van der Waals surface area contributed by atoms with Crippen LogP contribution in [0, 0.1) is 18.3 Å². The lowest BCUT2D eigenvalue weighted by Gasteiger charge is -2.06. The van der Waals surface area contributed by atoms with Gasteiger partial charge >= 0.3 is 0 Å². The highest BCUT2D eigenvalue weighted by Gasteiger charge is 2.07. The monoisotopic (exact) mass is 286 g/mol. The standard InChI is InChI=1S/C15H14N2O2S/c1-10-9-20-15(17-10)12(8-16)4-11-5-13(18-2)7-14(6-11)19-3/h4-7,9H,1-3H3/b12-4+. The molecule has 1 aromatic carbocycles. The molecular weight excluding hydrogens is 272 g/mol. The summed E-state index contributed by atoms with van der Waals surface area (Å²) in [6, 6.07) is 7.67. The van der Waals surface area contributed by atoms with Crippen LogP contribution in [0.15, 0.2) is 23.6 Å². The highest BCUT2D eigenvalue weighted by molar-refractivity contribution is 7.11. The number of ether oxygens (including phenoxy) is 2. The Bertz CT molecular complexity index is 661. The van der Waals surface area contributed by atoms with Crippen molar-refractivity contribution in [2.24, 2.45) is 0 Å². The van der Waals surface area contributed by atoms with E-state index < -0.39 is 0 Å². The van der Waals surface area contributed by atoms with Gasteiger partial charge in [-0.05, 0) is 30.7 Å². The second kappa shape index (κ2) is 6.22. The summed E-state index contributed by atoms with van der Waals surface area (Å²) in [5.41, 5.74) is 2.28. The van der Waals surface area contributed by atoms with E-state index in [9.17, 15) is 5.26 Å². The Balaban J connectivity index is 2.44. The van der Waals surface area contributed by atoms with E-state index in [1.54, 1.807) is 26.4 Å². The molecule has 2 aromatic rings. The number of aryl methyl sites for hydroxylation is 1. The van der Waals surface area contributed by atoms with Gasteiger partial charge in [0.25, 0.3) is 0 Å². The van der Waals surface area contributed by atoms with Crippen molar-refractivity contribution in [1.82, 2.24) is 4.98 Å². The molecule has 0 atom stereocenters. The number of aromatic nitrogens is 1. The Morgan fingerprint density at radius 1 is 1.25 bits per heavy atom. The first kappa shape index (κ1) is 14.1. The molecule has 0 saturated heterocycles. The minimum atomic E-state index is 0.526. The van der Waals surface area contributed by atoms with Crippen molar-refractivity contribution in [2.45, 2.75) is 6.92 Å². The minimum Gasteiger partial charge on any atom is -0.497 e. The van der Waals surface area contributed by atoms with Crippen molar-refractivity contribution in [3.8, 4) is 17.6 Å². The maximum Gasteiger partial charge on any atom is 0.134 e. The zero-order valence-corrected chi connectivity index (χ0v) is 12.3. The second-order valence-corrected chi connectivity index (χ2v) is 4.97. The van der Waals surface area contributed by atoms with E-state index >= 15 is 0 Å². The van der Waals surface area contributed by atoms with Crippen LogP contribution < -0.4 is 9.47 Å². The average Bonchev–Trinajstić information content (AvgIpc) is 2.90. The molecule has 102 valence electrons. The third-order valence-electron chi connectivity index (χ3n) is 2.65. The van der Waals surface area contributed by atoms with Crippen LogP contribution in [0.4, 0.5) is 0 Å². The maximum absolute atomic E-state index is 9.29. The first-order chi connectivity index (χ1) is 9.66. The lowest BCUT2D eigenvalue weighted by Crippen LogP contribution is -1.89. The summed E-state index contributed by atoms with van der Waals surface area (Å²) < 4.78 is 10.4. The largest absolute Gasteiger partial charge is 0.497 e. The van der Waals surface area contributed by atoms with Gasteiger partial charge in [-0.25, -0.2) is 4.98 Å². The summed E-state index contributed by atoms with van der Waals surface area (Å²) in [5.74, 6) is 1.37. The van der Waals surface area contributed by atoms with Crippen LogP contribution >= 0.6 is 11.3 Å². The van der Waals surface area contributed by atoms with Gasteiger partial charge in [0, 0.05) is 17.1 Å². The van der Waals surface area contributed by atoms with Gasteiger partial charge in [-0.2, -0.15) is 5.26 Å². The SMILES string of the molecule is COc1cc(/C=C(\C#N)c2nc(C)cs2)cc(OC)c1. The Labute approximate surface area is 121 Å². The first-order valence-corrected chi connectivity index (χ1v) is 6.81. The van der Waals surface area contributed by atoms with E-state index in [4.69, 9.17) is 9.47 Å². The fourth-order valence-electron chi connectivity index (χ4n) is 1.70. The average molecular weight is 286 g/mol. The molecule has 0 bridgehead atoms. The summed E-state index contributed by atoms with van der Waals surface area (Å²) in [4.78, 5) is 4.33. The maximum atomic E-state index is 9.29. The third-order valence-corrected chi connectivity index (χ3v) is 3.65. The number of methoxy groups -OCH3 is 2. The number of benzene rings is 1. The number of hydrogen-bond donors (Lipinski definition) is 0. The predicted octanol–water partition coefficient (Wildman–Crippen LogP) is 3.53. The van der Waals surface area contributed by atoms with Gasteiger partial charge in [-0.1, -0.05) is 0 Å². The van der Waals surface area contributed by atoms with E-state index in [1.807, 2.05) is 24.4 Å². The zero-order chi connectivity index (χ0) is 14.5. The van der Waals surface area contributed by atoms with E-state index in [0.29, 0.717) is 22.1 Å². The minimum absolute atomic E-state index is 0.526. The highest BCUT2D eigenvalue weighted by Crippen LogP contribution is 2.27. The molecule has 0 aliphatic rings. The van der Waals surface area contributed by atoms with E-state index in [1.165, 1.54) is 11.3 Å². The summed E-state index contributed by atoms with van der Waals surface area (Å²) in [7, 11) is 3.19. The summed E-state index contributed by atoms with van der Waals surface area (Å²) in [6.45, 7) is 1.91. The van der Waals surface area contributed by atoms with Crippen molar-refractivity contribution in [1.29, 1.82) is 5.26 Å². The van der Waals surface area contributed by atoms with Gasteiger partial charge in [-0.15, -0.1) is 11.3 Å². The smallest absolute Gasteiger partial charge is 0.134 e. The van der Waals surface area contributed by atoms with Gasteiger partial charge in [0.2, 0.25) is 0 Å². The van der Waals surface area contributed by atoms with Crippen molar-refractivity contribution in [3.63, 3.8) is 0 Å². The molecule has 0 radical (unpaired) electrons. The fraction of sp³-hybridized carbons (Fsp3) is 0.200. The molecule has 0 amide bonds. The van der Waals surface area contributed by atoms with Crippen molar-refractivity contribution in [3.05, 3.63) is 39.8 Å². The molecule has 0 saturated carbocycles. The van der Waals surface area contributed by atoms with Crippen LogP contribution in [-0.2, 0) is 0 Å².